The number of aromatic nitrogens is 1. The normalized spacial score (nSPS) is 15.2. The fourth-order valence-electron chi connectivity index (χ4n) is 1.63. The lowest BCUT2D eigenvalue weighted by Gasteiger charge is -2.24. The molecule has 0 atom stereocenters. The lowest BCUT2D eigenvalue weighted by molar-refractivity contribution is -0.0629. The molecule has 7 nitrogen and oxygen atoms in total. The van der Waals surface area contributed by atoms with E-state index in [0.29, 0.717) is 13.0 Å². The number of hydrogen-bond donors (Lipinski definition) is 0. The molecule has 1 fully saturated rings. The third-order valence-electron chi connectivity index (χ3n) is 2.78. The van der Waals surface area contributed by atoms with Crippen LogP contribution >= 0.6 is 0 Å². The summed E-state index contributed by atoms with van der Waals surface area (Å²) in [7, 11) is 1.64. The van der Waals surface area contributed by atoms with E-state index < -0.39 is 18.4 Å². The Labute approximate surface area is 116 Å². The van der Waals surface area contributed by atoms with Crippen LogP contribution < -0.4 is 0 Å². The summed E-state index contributed by atoms with van der Waals surface area (Å²) in [5.41, 5.74) is 0.905. The first-order valence-electron chi connectivity index (χ1n) is 6.26. The molecule has 7 heteroatoms. The average molecular weight is 280 g/mol. The van der Waals surface area contributed by atoms with Gasteiger partial charge in [-0.3, -0.25) is 4.98 Å². The monoisotopic (exact) mass is 280 g/mol. The highest BCUT2D eigenvalue weighted by molar-refractivity contribution is 5.67. The van der Waals surface area contributed by atoms with Gasteiger partial charge in [0.2, 0.25) is 0 Å². The van der Waals surface area contributed by atoms with Crippen molar-refractivity contribution in [1.29, 1.82) is 0 Å². The van der Waals surface area contributed by atoms with Crippen LogP contribution in [0.15, 0.2) is 24.4 Å². The van der Waals surface area contributed by atoms with E-state index in [1.165, 1.54) is 4.90 Å². The number of amides is 1. The molecule has 108 valence electrons. The van der Waals surface area contributed by atoms with Crippen molar-refractivity contribution in [1.82, 2.24) is 9.88 Å². The standard InChI is InChI=1S/C13H16N2O5/c1-15(7-5-10-4-2-3-6-14-10)12(16)20-11-8-18-13(17)19-9-11/h2-4,6,11H,5,7-9H2,1H3. The van der Waals surface area contributed by atoms with Crippen molar-refractivity contribution >= 4 is 12.2 Å². The molecule has 0 saturated carbocycles. The molecule has 0 aromatic carbocycles. The maximum absolute atomic E-state index is 11.8. The van der Waals surface area contributed by atoms with Gasteiger partial charge < -0.3 is 19.1 Å². The van der Waals surface area contributed by atoms with Gasteiger partial charge in [-0.05, 0) is 12.1 Å². The molecule has 0 unspecified atom stereocenters. The second-order valence-corrected chi connectivity index (χ2v) is 4.37. The lowest BCUT2D eigenvalue weighted by Crippen LogP contribution is -2.39. The van der Waals surface area contributed by atoms with Crippen LogP contribution in [0, 0.1) is 0 Å². The summed E-state index contributed by atoms with van der Waals surface area (Å²) in [6, 6.07) is 5.63. The molecule has 0 radical (unpaired) electrons. The largest absolute Gasteiger partial charge is 0.508 e. The Hall–Kier alpha value is -2.31. The van der Waals surface area contributed by atoms with Crippen LogP contribution in [-0.2, 0) is 20.6 Å². The van der Waals surface area contributed by atoms with Crippen molar-refractivity contribution in [2.45, 2.75) is 12.5 Å². The molecule has 2 heterocycles. The topological polar surface area (TPSA) is 78.0 Å². The zero-order chi connectivity index (χ0) is 14.4. The van der Waals surface area contributed by atoms with Gasteiger partial charge in [0, 0.05) is 31.9 Å². The average Bonchev–Trinajstić information content (AvgIpc) is 2.48. The van der Waals surface area contributed by atoms with E-state index in [1.54, 1.807) is 13.2 Å². The zero-order valence-electron chi connectivity index (χ0n) is 11.2. The lowest BCUT2D eigenvalue weighted by atomic mass is 10.2. The molecule has 1 saturated heterocycles. The van der Waals surface area contributed by atoms with Crippen LogP contribution in [0.4, 0.5) is 9.59 Å². The third kappa shape index (κ3) is 4.11. The van der Waals surface area contributed by atoms with Gasteiger partial charge in [-0.2, -0.15) is 0 Å². The van der Waals surface area contributed by atoms with Gasteiger partial charge in [-0.1, -0.05) is 6.07 Å². The van der Waals surface area contributed by atoms with Crippen molar-refractivity contribution in [2.24, 2.45) is 0 Å². The van der Waals surface area contributed by atoms with E-state index in [-0.39, 0.29) is 13.2 Å². The van der Waals surface area contributed by atoms with E-state index in [0.717, 1.165) is 5.69 Å². The number of pyridine rings is 1. The van der Waals surface area contributed by atoms with Crippen molar-refractivity contribution in [3.05, 3.63) is 30.1 Å². The highest BCUT2D eigenvalue weighted by Gasteiger charge is 2.25. The number of hydrogen-bond acceptors (Lipinski definition) is 6. The minimum absolute atomic E-state index is 0.0264. The molecule has 20 heavy (non-hydrogen) atoms. The Morgan fingerprint density at radius 2 is 2.20 bits per heavy atom. The Bertz CT molecular complexity index is 455. The van der Waals surface area contributed by atoms with Crippen molar-refractivity contribution in [2.75, 3.05) is 26.8 Å². The third-order valence-corrected chi connectivity index (χ3v) is 2.78. The predicted molar refractivity (Wildman–Crippen MR) is 68.1 cm³/mol. The first kappa shape index (κ1) is 14.1. The molecule has 1 aromatic rings. The van der Waals surface area contributed by atoms with Gasteiger partial charge in [-0.15, -0.1) is 0 Å². The van der Waals surface area contributed by atoms with Crippen LogP contribution in [0.25, 0.3) is 0 Å². The maximum atomic E-state index is 11.8. The maximum Gasteiger partial charge on any atom is 0.508 e. The summed E-state index contributed by atoms with van der Waals surface area (Å²) >= 11 is 0. The Kier molecular flexibility index (Phi) is 4.75. The van der Waals surface area contributed by atoms with E-state index in [9.17, 15) is 9.59 Å². The van der Waals surface area contributed by atoms with Crippen molar-refractivity contribution in [3.8, 4) is 0 Å². The number of rotatable bonds is 4. The molecule has 0 aliphatic carbocycles. The van der Waals surface area contributed by atoms with Gasteiger partial charge in [0.1, 0.15) is 13.2 Å². The molecule has 1 aliphatic rings. The van der Waals surface area contributed by atoms with Gasteiger partial charge in [0.15, 0.2) is 6.10 Å². The molecule has 1 amide bonds. The number of carbonyl (C=O) groups excluding carboxylic acids is 2. The van der Waals surface area contributed by atoms with Crippen LogP contribution in [-0.4, -0.2) is 55.0 Å². The molecular weight excluding hydrogens is 264 g/mol. The summed E-state index contributed by atoms with van der Waals surface area (Å²) in [6.45, 7) is 0.542. The molecular formula is C13H16N2O5. The van der Waals surface area contributed by atoms with Crippen molar-refractivity contribution < 1.29 is 23.8 Å². The first-order valence-corrected chi connectivity index (χ1v) is 6.26. The van der Waals surface area contributed by atoms with E-state index in [1.807, 2.05) is 18.2 Å². The van der Waals surface area contributed by atoms with E-state index >= 15 is 0 Å². The number of ether oxygens (including phenoxy) is 3. The van der Waals surface area contributed by atoms with Gasteiger partial charge in [-0.25, -0.2) is 9.59 Å². The first-order chi connectivity index (χ1) is 9.65. The van der Waals surface area contributed by atoms with Gasteiger partial charge in [0.25, 0.3) is 0 Å². The highest BCUT2D eigenvalue weighted by Crippen LogP contribution is 2.06. The summed E-state index contributed by atoms with van der Waals surface area (Å²) in [4.78, 5) is 28.1. The Morgan fingerprint density at radius 1 is 1.45 bits per heavy atom. The van der Waals surface area contributed by atoms with E-state index in [2.05, 4.69) is 14.5 Å². The van der Waals surface area contributed by atoms with Gasteiger partial charge in [0.05, 0.1) is 0 Å². The fraction of sp³-hybridized carbons (Fsp3) is 0.462. The van der Waals surface area contributed by atoms with Crippen LogP contribution in [0.5, 0.6) is 0 Å². The SMILES string of the molecule is CN(CCc1ccccn1)C(=O)OC1COC(=O)OC1. The predicted octanol–water partition coefficient (Wildman–Crippen LogP) is 1.23. The number of cyclic esters (lactones) is 2. The summed E-state index contributed by atoms with van der Waals surface area (Å²) < 4.78 is 14.4. The summed E-state index contributed by atoms with van der Waals surface area (Å²) in [5, 5.41) is 0. The Balaban J connectivity index is 1.73. The number of carbonyl (C=O) groups is 2. The smallest absolute Gasteiger partial charge is 0.439 e. The molecule has 0 N–H and O–H groups in total. The highest BCUT2D eigenvalue weighted by atomic mass is 16.7. The number of nitrogens with zero attached hydrogens (tertiary/aromatic N) is 2. The molecule has 1 aliphatic heterocycles. The van der Waals surface area contributed by atoms with Crippen LogP contribution in [0.1, 0.15) is 5.69 Å². The quantitative estimate of drug-likeness (QED) is 0.772. The van der Waals surface area contributed by atoms with Gasteiger partial charge >= 0.3 is 12.2 Å². The summed E-state index contributed by atoms with van der Waals surface area (Å²) in [6.07, 6.45) is 0.579. The van der Waals surface area contributed by atoms with Crippen molar-refractivity contribution in [3.63, 3.8) is 0 Å². The second-order valence-electron chi connectivity index (χ2n) is 4.37. The molecule has 1 aromatic heterocycles. The Morgan fingerprint density at radius 3 is 2.85 bits per heavy atom. The van der Waals surface area contributed by atoms with Crippen LogP contribution in [0.2, 0.25) is 0 Å². The molecule has 0 spiro atoms. The molecule has 2 rings (SSSR count). The van der Waals surface area contributed by atoms with E-state index in [4.69, 9.17) is 4.74 Å². The minimum Gasteiger partial charge on any atom is -0.439 e. The zero-order valence-corrected chi connectivity index (χ0v) is 11.2. The minimum atomic E-state index is -0.735. The van der Waals surface area contributed by atoms with Crippen LogP contribution in [0.3, 0.4) is 0 Å². The summed E-state index contributed by atoms with van der Waals surface area (Å²) in [5.74, 6) is 0. The fourth-order valence-corrected chi connectivity index (χ4v) is 1.63. The number of likely N-dealkylation sites (N-methyl/N-ethyl adjacent to an activating group) is 1. The second kappa shape index (κ2) is 6.74. The molecule has 0 bridgehead atoms.